The van der Waals surface area contributed by atoms with Crippen molar-refractivity contribution in [1.29, 1.82) is 0 Å². The predicted octanol–water partition coefficient (Wildman–Crippen LogP) is 1.96. The van der Waals surface area contributed by atoms with Gasteiger partial charge in [0.25, 0.3) is 5.91 Å². The van der Waals surface area contributed by atoms with Crippen LogP contribution in [0.3, 0.4) is 0 Å². The second-order valence-corrected chi connectivity index (χ2v) is 4.80. The molecule has 1 aliphatic rings. The van der Waals surface area contributed by atoms with Crippen molar-refractivity contribution in [3.63, 3.8) is 0 Å². The molecule has 2 N–H and O–H groups in total. The van der Waals surface area contributed by atoms with Crippen molar-refractivity contribution in [1.82, 2.24) is 10.6 Å². The summed E-state index contributed by atoms with van der Waals surface area (Å²) in [6.07, 6.45) is 3.47. The maximum absolute atomic E-state index is 11.9. The zero-order valence-electron chi connectivity index (χ0n) is 11.4. The van der Waals surface area contributed by atoms with Crippen LogP contribution in [0.5, 0.6) is 5.75 Å². The molecule has 1 fully saturated rings. The normalized spacial score (nSPS) is 18.3. The Hall–Kier alpha value is -1.55. The van der Waals surface area contributed by atoms with Crippen LogP contribution in [0.4, 0.5) is 0 Å². The summed E-state index contributed by atoms with van der Waals surface area (Å²) >= 11 is 0. The van der Waals surface area contributed by atoms with Crippen LogP contribution in [0.25, 0.3) is 0 Å². The predicted molar refractivity (Wildman–Crippen MR) is 75.6 cm³/mol. The summed E-state index contributed by atoms with van der Waals surface area (Å²) in [5, 5.41) is 6.38. The number of amides is 1. The molecule has 0 aromatic heterocycles. The fraction of sp³-hybridized carbons (Fsp3) is 0.533. The van der Waals surface area contributed by atoms with Crippen molar-refractivity contribution < 1.29 is 9.53 Å². The van der Waals surface area contributed by atoms with Crippen LogP contribution >= 0.6 is 0 Å². The molecule has 1 unspecified atom stereocenters. The third-order valence-corrected chi connectivity index (χ3v) is 3.37. The lowest BCUT2D eigenvalue weighted by Gasteiger charge is -2.11. The van der Waals surface area contributed by atoms with E-state index in [2.05, 4.69) is 10.6 Å². The van der Waals surface area contributed by atoms with Crippen LogP contribution in [-0.4, -0.2) is 31.6 Å². The quantitative estimate of drug-likeness (QED) is 0.824. The van der Waals surface area contributed by atoms with E-state index in [9.17, 15) is 4.79 Å². The Morgan fingerprint density at radius 3 is 2.84 bits per heavy atom. The van der Waals surface area contributed by atoms with E-state index in [0.29, 0.717) is 18.2 Å². The molecule has 0 radical (unpaired) electrons. The highest BCUT2D eigenvalue weighted by atomic mass is 16.5. The summed E-state index contributed by atoms with van der Waals surface area (Å²) < 4.78 is 5.35. The van der Waals surface area contributed by atoms with Gasteiger partial charge in [-0.3, -0.25) is 4.79 Å². The van der Waals surface area contributed by atoms with Crippen molar-refractivity contribution in [2.75, 3.05) is 19.7 Å². The molecule has 4 heteroatoms. The molecule has 1 amide bonds. The fourth-order valence-corrected chi connectivity index (χ4v) is 2.33. The summed E-state index contributed by atoms with van der Waals surface area (Å²) in [5.41, 5.74) is 0.683. The Balaban J connectivity index is 1.75. The van der Waals surface area contributed by atoms with E-state index < -0.39 is 0 Å². The highest BCUT2D eigenvalue weighted by Crippen LogP contribution is 2.12. The summed E-state index contributed by atoms with van der Waals surface area (Å²) in [7, 11) is 0. The molecule has 0 bridgehead atoms. The van der Waals surface area contributed by atoms with Gasteiger partial charge in [0.2, 0.25) is 0 Å². The van der Waals surface area contributed by atoms with E-state index in [-0.39, 0.29) is 5.91 Å². The first-order valence-corrected chi connectivity index (χ1v) is 7.04. The molecule has 1 aromatic rings. The smallest absolute Gasteiger partial charge is 0.251 e. The topological polar surface area (TPSA) is 50.4 Å². The molecule has 1 atom stereocenters. The summed E-state index contributed by atoms with van der Waals surface area (Å²) in [4.78, 5) is 11.9. The number of benzene rings is 1. The molecule has 19 heavy (non-hydrogen) atoms. The highest BCUT2D eigenvalue weighted by Gasteiger charge is 2.13. The van der Waals surface area contributed by atoms with Crippen molar-refractivity contribution in [3.8, 4) is 5.75 Å². The lowest BCUT2D eigenvalue weighted by Crippen LogP contribution is -2.30. The van der Waals surface area contributed by atoms with Crippen molar-refractivity contribution in [2.45, 2.75) is 32.2 Å². The largest absolute Gasteiger partial charge is 0.494 e. The van der Waals surface area contributed by atoms with Gasteiger partial charge in [0.1, 0.15) is 5.75 Å². The summed E-state index contributed by atoms with van der Waals surface area (Å²) in [6, 6.07) is 7.83. The van der Waals surface area contributed by atoms with Crippen LogP contribution in [0.2, 0.25) is 0 Å². The molecule has 1 heterocycles. The van der Waals surface area contributed by atoms with Crippen molar-refractivity contribution in [2.24, 2.45) is 0 Å². The molecule has 2 rings (SSSR count). The second kappa shape index (κ2) is 7.14. The Morgan fingerprint density at radius 1 is 1.42 bits per heavy atom. The molecule has 0 aliphatic carbocycles. The first-order valence-electron chi connectivity index (χ1n) is 7.04. The Bertz CT molecular complexity index is 397. The van der Waals surface area contributed by atoms with Gasteiger partial charge in [0.15, 0.2) is 0 Å². The first kappa shape index (κ1) is 13.9. The lowest BCUT2D eigenvalue weighted by molar-refractivity contribution is 0.0952. The number of carbonyl (C=O) groups excluding carboxylic acids is 1. The van der Waals surface area contributed by atoms with Gasteiger partial charge in [-0.05, 0) is 57.0 Å². The Kier molecular flexibility index (Phi) is 5.21. The van der Waals surface area contributed by atoms with Crippen LogP contribution in [0.1, 0.15) is 36.5 Å². The second-order valence-electron chi connectivity index (χ2n) is 4.80. The zero-order valence-corrected chi connectivity index (χ0v) is 11.4. The number of ether oxygens (including phenoxy) is 1. The number of hydrogen-bond donors (Lipinski definition) is 2. The number of rotatable bonds is 6. The molecule has 1 saturated heterocycles. The number of nitrogens with one attached hydrogen (secondary N) is 2. The highest BCUT2D eigenvalue weighted by molar-refractivity contribution is 5.94. The molecule has 0 spiro atoms. The third-order valence-electron chi connectivity index (χ3n) is 3.37. The molecular formula is C15H22N2O2. The van der Waals surface area contributed by atoms with Gasteiger partial charge in [-0.2, -0.15) is 0 Å². The van der Waals surface area contributed by atoms with Gasteiger partial charge >= 0.3 is 0 Å². The van der Waals surface area contributed by atoms with E-state index in [0.717, 1.165) is 25.3 Å². The van der Waals surface area contributed by atoms with Gasteiger partial charge in [0, 0.05) is 18.2 Å². The summed E-state index contributed by atoms with van der Waals surface area (Å²) in [5.74, 6) is 0.787. The standard InChI is InChI=1S/C15H22N2O2/c1-2-19-14-7-5-12(6-8-14)15(18)17-11-9-13-4-3-10-16-13/h5-8,13,16H,2-4,9-11H2,1H3,(H,17,18). The molecule has 1 aliphatic heterocycles. The fourth-order valence-electron chi connectivity index (χ4n) is 2.33. The van der Waals surface area contributed by atoms with Gasteiger partial charge < -0.3 is 15.4 Å². The average Bonchev–Trinajstić information content (AvgIpc) is 2.93. The maximum Gasteiger partial charge on any atom is 0.251 e. The minimum atomic E-state index is -0.0129. The Labute approximate surface area is 114 Å². The minimum absolute atomic E-state index is 0.0129. The van der Waals surface area contributed by atoms with E-state index in [4.69, 9.17) is 4.74 Å². The van der Waals surface area contributed by atoms with Gasteiger partial charge in [0.05, 0.1) is 6.61 Å². The van der Waals surface area contributed by atoms with E-state index in [1.807, 2.05) is 19.1 Å². The van der Waals surface area contributed by atoms with Crippen LogP contribution in [0, 0.1) is 0 Å². The lowest BCUT2D eigenvalue weighted by atomic mass is 10.1. The third kappa shape index (κ3) is 4.24. The van der Waals surface area contributed by atoms with Crippen LogP contribution in [-0.2, 0) is 0 Å². The minimum Gasteiger partial charge on any atom is -0.494 e. The van der Waals surface area contributed by atoms with Crippen molar-refractivity contribution in [3.05, 3.63) is 29.8 Å². The van der Waals surface area contributed by atoms with Gasteiger partial charge in [-0.15, -0.1) is 0 Å². The number of hydrogen-bond acceptors (Lipinski definition) is 3. The molecule has 0 saturated carbocycles. The van der Waals surface area contributed by atoms with Gasteiger partial charge in [-0.1, -0.05) is 0 Å². The van der Waals surface area contributed by atoms with Gasteiger partial charge in [-0.25, -0.2) is 0 Å². The van der Waals surface area contributed by atoms with E-state index >= 15 is 0 Å². The van der Waals surface area contributed by atoms with Crippen LogP contribution < -0.4 is 15.4 Å². The molecule has 4 nitrogen and oxygen atoms in total. The zero-order chi connectivity index (χ0) is 13.5. The van der Waals surface area contributed by atoms with E-state index in [1.165, 1.54) is 12.8 Å². The Morgan fingerprint density at radius 2 is 2.21 bits per heavy atom. The molecule has 104 valence electrons. The summed E-state index contributed by atoms with van der Waals surface area (Å²) in [6.45, 7) is 4.42. The van der Waals surface area contributed by atoms with Crippen LogP contribution in [0.15, 0.2) is 24.3 Å². The SMILES string of the molecule is CCOc1ccc(C(=O)NCCC2CCCN2)cc1. The monoisotopic (exact) mass is 262 g/mol. The van der Waals surface area contributed by atoms with E-state index in [1.54, 1.807) is 12.1 Å². The number of carbonyl (C=O) groups is 1. The average molecular weight is 262 g/mol. The first-order chi connectivity index (χ1) is 9.29. The maximum atomic E-state index is 11.9. The molecular weight excluding hydrogens is 240 g/mol. The molecule has 1 aromatic carbocycles. The van der Waals surface area contributed by atoms with Crippen molar-refractivity contribution >= 4 is 5.91 Å².